The van der Waals surface area contributed by atoms with Gasteiger partial charge in [0, 0.05) is 8.95 Å². The largest absolute Gasteiger partial charge is 0.262 e. The molecule has 1 aromatic heterocycles. The molecule has 1 atom stereocenters. The highest BCUT2D eigenvalue weighted by molar-refractivity contribution is 9.11. The molecule has 0 aliphatic heterocycles. The Kier molecular flexibility index (Phi) is 4.39. The maximum Gasteiger partial charge on any atom is 0.242 e. The summed E-state index contributed by atoms with van der Waals surface area (Å²) in [6, 6.07) is 4.36. The van der Waals surface area contributed by atoms with E-state index in [0.29, 0.717) is 10.3 Å². The van der Waals surface area contributed by atoms with Gasteiger partial charge < -0.3 is 0 Å². The Morgan fingerprint density at radius 3 is 2.68 bits per heavy atom. The Balaban J connectivity index is 2.28. The van der Waals surface area contributed by atoms with Gasteiger partial charge in [-0.1, -0.05) is 15.9 Å². The molecule has 19 heavy (non-hydrogen) atoms. The molecule has 2 aromatic rings. The van der Waals surface area contributed by atoms with Crippen LogP contribution in [-0.4, -0.2) is 23.6 Å². The second-order valence-corrected chi connectivity index (χ2v) is 7.24. The number of aromatic nitrogens is 3. The van der Waals surface area contributed by atoms with E-state index in [1.807, 2.05) is 0 Å². The van der Waals surface area contributed by atoms with Crippen LogP contribution in [0.25, 0.3) is 0 Å². The molecule has 0 amide bonds. The summed E-state index contributed by atoms with van der Waals surface area (Å²) in [5, 5.41) is 6.32. The summed E-state index contributed by atoms with van der Waals surface area (Å²) in [5.41, 5.74) is 0. The molecule has 2 rings (SSSR count). The predicted octanol–water partition coefficient (Wildman–Crippen LogP) is 2.37. The van der Waals surface area contributed by atoms with Gasteiger partial charge in [-0.25, -0.2) is 18.1 Å². The molecular weight excluding hydrogens is 400 g/mol. The minimum Gasteiger partial charge on any atom is -0.262 e. The number of hydrogen-bond acceptors (Lipinski definition) is 4. The van der Waals surface area contributed by atoms with Crippen molar-refractivity contribution in [2.75, 3.05) is 0 Å². The summed E-state index contributed by atoms with van der Waals surface area (Å²) in [6.45, 7) is 1.69. The Hall–Kier alpha value is -0.770. The maximum atomic E-state index is 12.3. The first-order chi connectivity index (χ1) is 8.90. The lowest BCUT2D eigenvalue weighted by molar-refractivity contribution is 0.560. The molecule has 0 radical (unpaired) electrons. The van der Waals surface area contributed by atoms with Crippen LogP contribution in [0.1, 0.15) is 18.8 Å². The van der Waals surface area contributed by atoms with Crippen LogP contribution in [0, 0.1) is 0 Å². The van der Waals surface area contributed by atoms with Crippen LogP contribution < -0.4 is 4.72 Å². The first kappa shape index (κ1) is 14.6. The van der Waals surface area contributed by atoms with E-state index in [0.717, 1.165) is 4.47 Å². The number of sulfonamides is 1. The normalized spacial score (nSPS) is 13.4. The highest BCUT2D eigenvalue weighted by atomic mass is 79.9. The standard InChI is InChI=1S/C10H10Br2N4O2S/c1-6(10-13-5-14-15-10)16-19(17,18)9-3-2-7(11)4-8(9)12/h2-6,16H,1H3,(H,13,14,15). The lowest BCUT2D eigenvalue weighted by Crippen LogP contribution is -2.27. The van der Waals surface area contributed by atoms with Crippen LogP contribution in [0.15, 0.2) is 38.4 Å². The van der Waals surface area contributed by atoms with Gasteiger partial charge in [0.1, 0.15) is 12.2 Å². The zero-order valence-electron chi connectivity index (χ0n) is 9.76. The number of rotatable bonds is 4. The number of benzene rings is 1. The minimum absolute atomic E-state index is 0.169. The van der Waals surface area contributed by atoms with Crippen LogP contribution in [-0.2, 0) is 10.0 Å². The van der Waals surface area contributed by atoms with Crippen LogP contribution in [0.3, 0.4) is 0 Å². The summed E-state index contributed by atoms with van der Waals surface area (Å²) in [7, 11) is -3.64. The van der Waals surface area contributed by atoms with Gasteiger partial charge in [-0.05, 0) is 41.1 Å². The first-order valence-electron chi connectivity index (χ1n) is 5.23. The Morgan fingerprint density at radius 2 is 2.11 bits per heavy atom. The summed E-state index contributed by atoms with van der Waals surface area (Å²) in [5.74, 6) is 0.455. The average molecular weight is 410 g/mol. The first-order valence-corrected chi connectivity index (χ1v) is 8.30. The van der Waals surface area contributed by atoms with Crippen molar-refractivity contribution in [1.29, 1.82) is 0 Å². The van der Waals surface area contributed by atoms with Crippen LogP contribution in [0.5, 0.6) is 0 Å². The van der Waals surface area contributed by atoms with Gasteiger partial charge in [-0.3, -0.25) is 5.10 Å². The summed E-state index contributed by atoms with van der Waals surface area (Å²) >= 11 is 6.51. The number of hydrogen-bond donors (Lipinski definition) is 2. The summed E-state index contributed by atoms with van der Waals surface area (Å²) < 4.78 is 28.3. The lowest BCUT2D eigenvalue weighted by Gasteiger charge is -2.13. The van der Waals surface area contributed by atoms with Gasteiger partial charge in [0.2, 0.25) is 10.0 Å². The monoisotopic (exact) mass is 408 g/mol. The number of halogens is 2. The molecule has 0 spiro atoms. The molecule has 9 heteroatoms. The van der Waals surface area contributed by atoms with E-state index in [-0.39, 0.29) is 4.90 Å². The quantitative estimate of drug-likeness (QED) is 0.811. The third-order valence-electron chi connectivity index (χ3n) is 2.36. The van der Waals surface area contributed by atoms with E-state index in [1.165, 1.54) is 12.4 Å². The number of H-pyrrole nitrogens is 1. The summed E-state index contributed by atoms with van der Waals surface area (Å²) in [4.78, 5) is 4.09. The molecule has 1 heterocycles. The molecule has 6 nitrogen and oxygen atoms in total. The van der Waals surface area contributed by atoms with Gasteiger partial charge in [0.15, 0.2) is 0 Å². The minimum atomic E-state index is -3.64. The van der Waals surface area contributed by atoms with Gasteiger partial charge in [0.05, 0.1) is 10.9 Å². The summed E-state index contributed by atoms with van der Waals surface area (Å²) in [6.07, 6.45) is 1.33. The smallest absolute Gasteiger partial charge is 0.242 e. The van der Waals surface area contributed by atoms with Crippen molar-refractivity contribution >= 4 is 41.9 Å². The fourth-order valence-corrected chi connectivity index (χ4v) is 4.42. The Morgan fingerprint density at radius 1 is 1.37 bits per heavy atom. The fourth-order valence-electron chi connectivity index (χ4n) is 1.47. The van der Waals surface area contributed by atoms with Crippen molar-refractivity contribution < 1.29 is 8.42 Å². The third kappa shape index (κ3) is 3.41. The van der Waals surface area contributed by atoms with Crippen molar-refractivity contribution in [2.45, 2.75) is 17.9 Å². The van der Waals surface area contributed by atoms with Crippen molar-refractivity contribution in [2.24, 2.45) is 0 Å². The zero-order chi connectivity index (χ0) is 14.0. The molecular formula is C10H10Br2N4O2S. The highest BCUT2D eigenvalue weighted by Gasteiger charge is 2.22. The maximum absolute atomic E-state index is 12.3. The van der Waals surface area contributed by atoms with Crippen LogP contribution in [0.2, 0.25) is 0 Å². The molecule has 0 saturated carbocycles. The molecule has 0 aliphatic carbocycles. The van der Waals surface area contributed by atoms with E-state index in [9.17, 15) is 8.42 Å². The number of nitrogens with one attached hydrogen (secondary N) is 2. The number of nitrogens with zero attached hydrogens (tertiary/aromatic N) is 2. The SMILES string of the molecule is CC(NS(=O)(=O)c1ccc(Br)cc1Br)c1ncn[nH]1. The van der Waals surface area contributed by atoms with Crippen molar-refractivity contribution in [3.63, 3.8) is 0 Å². The topological polar surface area (TPSA) is 87.7 Å². The van der Waals surface area contributed by atoms with Gasteiger partial charge in [-0.15, -0.1) is 0 Å². The highest BCUT2D eigenvalue weighted by Crippen LogP contribution is 2.26. The molecule has 2 N–H and O–H groups in total. The zero-order valence-corrected chi connectivity index (χ0v) is 13.8. The lowest BCUT2D eigenvalue weighted by atomic mass is 10.3. The van der Waals surface area contributed by atoms with Crippen molar-refractivity contribution in [1.82, 2.24) is 19.9 Å². The average Bonchev–Trinajstić information content (AvgIpc) is 2.80. The molecule has 1 aromatic carbocycles. The molecule has 0 saturated heterocycles. The van der Waals surface area contributed by atoms with Crippen molar-refractivity contribution in [3.05, 3.63) is 39.3 Å². The van der Waals surface area contributed by atoms with Crippen LogP contribution in [0.4, 0.5) is 0 Å². The van der Waals surface area contributed by atoms with Gasteiger partial charge in [-0.2, -0.15) is 5.10 Å². The van der Waals surface area contributed by atoms with Crippen LogP contribution >= 0.6 is 31.9 Å². The molecule has 0 bridgehead atoms. The van der Waals surface area contributed by atoms with E-state index >= 15 is 0 Å². The van der Waals surface area contributed by atoms with E-state index < -0.39 is 16.1 Å². The molecule has 1 unspecified atom stereocenters. The molecule has 102 valence electrons. The van der Waals surface area contributed by atoms with E-state index in [4.69, 9.17) is 0 Å². The van der Waals surface area contributed by atoms with Gasteiger partial charge >= 0.3 is 0 Å². The second-order valence-electron chi connectivity index (χ2n) is 3.79. The molecule has 0 fully saturated rings. The Bertz CT molecular complexity index is 673. The predicted molar refractivity (Wildman–Crippen MR) is 77.0 cm³/mol. The Labute approximate surface area is 127 Å². The number of aromatic amines is 1. The molecule has 0 aliphatic rings. The van der Waals surface area contributed by atoms with Gasteiger partial charge in [0.25, 0.3) is 0 Å². The van der Waals surface area contributed by atoms with Crippen molar-refractivity contribution in [3.8, 4) is 0 Å². The van der Waals surface area contributed by atoms with E-state index in [1.54, 1.807) is 19.1 Å². The third-order valence-corrected chi connectivity index (χ3v) is 5.37. The van der Waals surface area contributed by atoms with E-state index in [2.05, 4.69) is 51.8 Å². The second kappa shape index (κ2) is 5.70. The fraction of sp³-hybridized carbons (Fsp3) is 0.200.